The third-order valence-electron chi connectivity index (χ3n) is 3.18. The van der Waals surface area contributed by atoms with E-state index in [0.717, 1.165) is 24.6 Å². The molecule has 0 aliphatic carbocycles. The highest BCUT2D eigenvalue weighted by atomic mass is 16.5. The van der Waals surface area contributed by atoms with Crippen molar-refractivity contribution in [2.45, 2.75) is 19.1 Å². The summed E-state index contributed by atoms with van der Waals surface area (Å²) in [6, 6.07) is 0.00500. The van der Waals surface area contributed by atoms with E-state index in [4.69, 9.17) is 10.5 Å². The van der Waals surface area contributed by atoms with Crippen molar-refractivity contribution >= 4 is 11.5 Å². The van der Waals surface area contributed by atoms with E-state index >= 15 is 0 Å². The van der Waals surface area contributed by atoms with Crippen molar-refractivity contribution in [3.8, 4) is 0 Å². The quantitative estimate of drug-likeness (QED) is 0.784. The molecule has 2 unspecified atom stereocenters. The van der Waals surface area contributed by atoms with Crippen molar-refractivity contribution in [3.05, 3.63) is 18.7 Å². The average molecular weight is 248 g/mol. The summed E-state index contributed by atoms with van der Waals surface area (Å²) >= 11 is 0. The largest absolute Gasteiger partial charge is 0.373 e. The van der Waals surface area contributed by atoms with Crippen molar-refractivity contribution in [1.82, 2.24) is 19.6 Å². The molecule has 1 fully saturated rings. The average Bonchev–Trinajstić information content (AvgIpc) is 2.87. The van der Waals surface area contributed by atoms with E-state index in [0.29, 0.717) is 6.61 Å². The Hall–Kier alpha value is -1.73. The van der Waals surface area contributed by atoms with Gasteiger partial charge in [0, 0.05) is 31.5 Å². The molecule has 18 heavy (non-hydrogen) atoms. The lowest BCUT2D eigenvalue weighted by Gasteiger charge is -2.35. The van der Waals surface area contributed by atoms with Gasteiger partial charge in [-0.15, -0.1) is 10.2 Å². The summed E-state index contributed by atoms with van der Waals surface area (Å²) in [4.78, 5) is 6.56. The Morgan fingerprint density at radius 3 is 3.28 bits per heavy atom. The van der Waals surface area contributed by atoms with Gasteiger partial charge in [0.05, 0.1) is 12.7 Å². The summed E-state index contributed by atoms with van der Waals surface area (Å²) in [7, 11) is 0. The number of hydrogen-bond donors (Lipinski definition) is 1. The number of ether oxygens (including phenoxy) is 1. The predicted molar refractivity (Wildman–Crippen MR) is 66.4 cm³/mol. The lowest BCUT2D eigenvalue weighted by molar-refractivity contribution is 0.0274. The molecular formula is C11H16N6O. The highest BCUT2D eigenvalue weighted by molar-refractivity contribution is 5.63. The molecule has 0 spiro atoms. The number of nitrogens with two attached hydrogens (primary N) is 1. The molecule has 1 saturated heterocycles. The van der Waals surface area contributed by atoms with E-state index < -0.39 is 0 Å². The Labute approximate surface area is 105 Å². The van der Waals surface area contributed by atoms with Gasteiger partial charge >= 0.3 is 0 Å². The van der Waals surface area contributed by atoms with Crippen LogP contribution in [0.5, 0.6) is 0 Å². The molecule has 2 aromatic rings. The normalized spacial score (nSPS) is 22.3. The molecule has 1 aliphatic heterocycles. The Morgan fingerprint density at radius 1 is 1.56 bits per heavy atom. The first-order valence-electron chi connectivity index (χ1n) is 6.02. The molecule has 3 rings (SSSR count). The van der Waals surface area contributed by atoms with Crippen molar-refractivity contribution in [3.63, 3.8) is 0 Å². The first-order chi connectivity index (χ1) is 8.75. The highest BCUT2D eigenvalue weighted by Gasteiger charge is 2.25. The minimum atomic E-state index is 0.00500. The van der Waals surface area contributed by atoms with Gasteiger partial charge in [-0.05, 0) is 6.92 Å². The molecule has 2 aromatic heterocycles. The second-order valence-corrected chi connectivity index (χ2v) is 4.53. The fourth-order valence-corrected chi connectivity index (χ4v) is 2.15. The molecule has 1 aliphatic rings. The minimum absolute atomic E-state index is 0.00500. The summed E-state index contributed by atoms with van der Waals surface area (Å²) in [5.74, 6) is 0.837. The zero-order valence-corrected chi connectivity index (χ0v) is 10.2. The van der Waals surface area contributed by atoms with Gasteiger partial charge in [-0.2, -0.15) is 0 Å². The summed E-state index contributed by atoms with van der Waals surface area (Å²) in [6.45, 7) is 4.14. The van der Waals surface area contributed by atoms with Gasteiger partial charge in [-0.25, -0.2) is 4.98 Å². The molecule has 0 aromatic carbocycles. The second-order valence-electron chi connectivity index (χ2n) is 4.53. The summed E-state index contributed by atoms with van der Waals surface area (Å²) < 4.78 is 7.51. The van der Waals surface area contributed by atoms with Crippen LogP contribution < -0.4 is 10.6 Å². The van der Waals surface area contributed by atoms with Crippen LogP contribution in [0.1, 0.15) is 6.92 Å². The Balaban J connectivity index is 1.92. The fraction of sp³-hybridized carbons (Fsp3) is 0.545. The summed E-state index contributed by atoms with van der Waals surface area (Å²) in [6.07, 6.45) is 5.29. The maximum Gasteiger partial charge on any atom is 0.203 e. The lowest BCUT2D eigenvalue weighted by Crippen LogP contribution is -2.50. The van der Waals surface area contributed by atoms with Gasteiger partial charge in [-0.3, -0.25) is 4.40 Å². The van der Waals surface area contributed by atoms with Crippen LogP contribution in [0.2, 0.25) is 0 Å². The van der Waals surface area contributed by atoms with Crippen LogP contribution in [-0.4, -0.2) is 51.4 Å². The molecule has 96 valence electrons. The number of morpholine rings is 1. The van der Waals surface area contributed by atoms with Crippen molar-refractivity contribution in [1.29, 1.82) is 0 Å². The molecule has 2 atom stereocenters. The van der Waals surface area contributed by atoms with Crippen LogP contribution in [0.25, 0.3) is 5.65 Å². The standard InChI is InChI=1S/C11H16N6O/c1-8(12)9-6-16(4-5-18-9)10-11-15-14-7-17(11)3-2-13-10/h2-3,7-9H,4-6,12H2,1H3. The molecule has 7 nitrogen and oxygen atoms in total. The van der Waals surface area contributed by atoms with Gasteiger partial charge in [0.1, 0.15) is 6.33 Å². The first kappa shape index (κ1) is 11.4. The fourth-order valence-electron chi connectivity index (χ4n) is 2.15. The van der Waals surface area contributed by atoms with Gasteiger partial charge in [0.15, 0.2) is 5.82 Å². The smallest absolute Gasteiger partial charge is 0.203 e. The third-order valence-corrected chi connectivity index (χ3v) is 3.18. The molecule has 0 radical (unpaired) electrons. The number of anilines is 1. The number of aromatic nitrogens is 4. The zero-order chi connectivity index (χ0) is 12.5. The molecule has 2 N–H and O–H groups in total. The van der Waals surface area contributed by atoms with E-state index in [2.05, 4.69) is 20.1 Å². The third kappa shape index (κ3) is 1.91. The first-order valence-corrected chi connectivity index (χ1v) is 6.02. The van der Waals surface area contributed by atoms with E-state index in [9.17, 15) is 0 Å². The van der Waals surface area contributed by atoms with Crippen LogP contribution in [0, 0.1) is 0 Å². The van der Waals surface area contributed by atoms with Crippen LogP contribution in [-0.2, 0) is 4.74 Å². The maximum atomic E-state index is 5.89. The van der Waals surface area contributed by atoms with Crippen molar-refractivity contribution in [2.24, 2.45) is 5.73 Å². The SMILES string of the molecule is CC(N)C1CN(c2nccn3cnnc23)CCO1. The Morgan fingerprint density at radius 2 is 2.44 bits per heavy atom. The molecule has 3 heterocycles. The van der Waals surface area contributed by atoms with E-state index in [1.807, 2.05) is 17.5 Å². The van der Waals surface area contributed by atoms with Crippen molar-refractivity contribution in [2.75, 3.05) is 24.6 Å². The van der Waals surface area contributed by atoms with Crippen LogP contribution in [0.15, 0.2) is 18.7 Å². The molecular weight excluding hydrogens is 232 g/mol. The monoisotopic (exact) mass is 248 g/mol. The van der Waals surface area contributed by atoms with Crippen LogP contribution in [0.3, 0.4) is 0 Å². The van der Waals surface area contributed by atoms with Gasteiger partial charge in [0.2, 0.25) is 5.65 Å². The van der Waals surface area contributed by atoms with Crippen LogP contribution >= 0.6 is 0 Å². The van der Waals surface area contributed by atoms with Gasteiger partial charge in [-0.1, -0.05) is 0 Å². The predicted octanol–water partition coefficient (Wildman–Crippen LogP) is -0.323. The number of fused-ring (bicyclic) bond motifs is 1. The number of hydrogen-bond acceptors (Lipinski definition) is 6. The highest BCUT2D eigenvalue weighted by Crippen LogP contribution is 2.19. The van der Waals surface area contributed by atoms with Gasteiger partial charge in [0.25, 0.3) is 0 Å². The van der Waals surface area contributed by atoms with Gasteiger partial charge < -0.3 is 15.4 Å². The topological polar surface area (TPSA) is 81.6 Å². The van der Waals surface area contributed by atoms with E-state index in [1.165, 1.54) is 0 Å². The maximum absolute atomic E-state index is 5.89. The summed E-state index contributed by atoms with van der Waals surface area (Å²) in [5.41, 5.74) is 6.66. The molecule has 0 saturated carbocycles. The molecule has 0 amide bonds. The lowest BCUT2D eigenvalue weighted by atomic mass is 10.1. The Kier molecular flexibility index (Phi) is 2.85. The zero-order valence-electron chi connectivity index (χ0n) is 10.2. The minimum Gasteiger partial charge on any atom is -0.373 e. The second kappa shape index (κ2) is 4.51. The molecule has 7 heteroatoms. The number of rotatable bonds is 2. The number of nitrogens with zero attached hydrogens (tertiary/aromatic N) is 5. The van der Waals surface area contributed by atoms with Crippen LogP contribution in [0.4, 0.5) is 5.82 Å². The van der Waals surface area contributed by atoms with E-state index in [-0.39, 0.29) is 12.1 Å². The molecule has 0 bridgehead atoms. The van der Waals surface area contributed by atoms with Crippen molar-refractivity contribution < 1.29 is 4.74 Å². The van der Waals surface area contributed by atoms with E-state index in [1.54, 1.807) is 12.5 Å². The Bertz CT molecular complexity index is 539. The summed E-state index contributed by atoms with van der Waals surface area (Å²) in [5, 5.41) is 8.00.